The molecule has 114 valence electrons. The predicted octanol–water partition coefficient (Wildman–Crippen LogP) is 3.43. The third-order valence-electron chi connectivity index (χ3n) is 4.70. The van der Waals surface area contributed by atoms with Crippen molar-refractivity contribution in [3.05, 3.63) is 76.1 Å². The highest BCUT2D eigenvalue weighted by Crippen LogP contribution is 2.55. The largest absolute Gasteiger partial charge is 0.458 e. The van der Waals surface area contributed by atoms with Gasteiger partial charge in [-0.2, -0.15) is 0 Å². The first kappa shape index (κ1) is 12.9. The van der Waals surface area contributed by atoms with Crippen LogP contribution in [-0.4, -0.2) is 11.9 Å². The van der Waals surface area contributed by atoms with Gasteiger partial charge in [0.1, 0.15) is 17.4 Å². The van der Waals surface area contributed by atoms with Crippen molar-refractivity contribution in [3.8, 4) is 5.75 Å². The summed E-state index contributed by atoms with van der Waals surface area (Å²) in [4.78, 5) is 12.6. The Hall–Kier alpha value is -2.59. The molecular weight excluding hydrogens is 292 g/mol. The average molecular weight is 306 g/mol. The second kappa shape index (κ2) is 4.24. The summed E-state index contributed by atoms with van der Waals surface area (Å²) in [5, 5.41) is 0.804. The monoisotopic (exact) mass is 306 g/mol. The predicted molar refractivity (Wildman–Crippen MR) is 84.7 cm³/mol. The SMILES string of the molecule is CC12Oc3c(c(=O)oc4ccccc34)C(c3ccccc3)C1O2. The Bertz CT molecular complexity index is 976. The van der Waals surface area contributed by atoms with Crippen LogP contribution < -0.4 is 10.4 Å². The molecule has 2 aliphatic heterocycles. The van der Waals surface area contributed by atoms with Crippen molar-refractivity contribution >= 4 is 11.0 Å². The number of fused-ring (bicyclic) bond motifs is 4. The Balaban J connectivity index is 1.84. The van der Waals surface area contributed by atoms with E-state index in [0.29, 0.717) is 16.9 Å². The average Bonchev–Trinajstić information content (AvgIpc) is 3.25. The van der Waals surface area contributed by atoms with Gasteiger partial charge >= 0.3 is 5.63 Å². The molecule has 3 atom stereocenters. The maximum atomic E-state index is 12.6. The van der Waals surface area contributed by atoms with Gasteiger partial charge in [-0.3, -0.25) is 0 Å². The molecule has 3 heterocycles. The fourth-order valence-corrected chi connectivity index (χ4v) is 3.54. The maximum Gasteiger partial charge on any atom is 0.343 e. The van der Waals surface area contributed by atoms with Crippen LogP contribution >= 0.6 is 0 Å². The minimum Gasteiger partial charge on any atom is -0.458 e. The molecule has 1 aromatic heterocycles. The summed E-state index contributed by atoms with van der Waals surface area (Å²) in [6, 6.07) is 17.3. The zero-order chi connectivity index (χ0) is 15.6. The lowest BCUT2D eigenvalue weighted by Gasteiger charge is -2.26. The number of rotatable bonds is 1. The van der Waals surface area contributed by atoms with E-state index in [1.807, 2.05) is 55.5 Å². The summed E-state index contributed by atoms with van der Waals surface area (Å²) in [5.41, 5.74) is 1.76. The Morgan fingerprint density at radius 1 is 1.00 bits per heavy atom. The van der Waals surface area contributed by atoms with Crippen LogP contribution in [0.25, 0.3) is 11.0 Å². The first-order chi connectivity index (χ1) is 11.2. The molecule has 0 N–H and O–H groups in total. The van der Waals surface area contributed by atoms with E-state index in [2.05, 4.69) is 0 Å². The molecule has 2 aromatic carbocycles. The van der Waals surface area contributed by atoms with Crippen LogP contribution in [0.4, 0.5) is 0 Å². The van der Waals surface area contributed by atoms with E-state index in [1.54, 1.807) is 6.07 Å². The highest BCUT2D eigenvalue weighted by atomic mass is 16.8. The Kier molecular flexibility index (Phi) is 2.38. The van der Waals surface area contributed by atoms with Gasteiger partial charge in [0.15, 0.2) is 0 Å². The van der Waals surface area contributed by atoms with Crippen LogP contribution in [0.3, 0.4) is 0 Å². The number of benzene rings is 2. The molecule has 1 fully saturated rings. The molecule has 4 nitrogen and oxygen atoms in total. The fraction of sp³-hybridized carbons (Fsp3) is 0.211. The second-order valence-corrected chi connectivity index (χ2v) is 6.17. The molecule has 0 aliphatic carbocycles. The topological polar surface area (TPSA) is 52.0 Å². The zero-order valence-electron chi connectivity index (χ0n) is 12.5. The minimum atomic E-state index is -0.677. The molecule has 1 saturated heterocycles. The van der Waals surface area contributed by atoms with Gasteiger partial charge in [0.2, 0.25) is 5.79 Å². The normalized spacial score (nSPS) is 27.9. The molecular formula is C19H14O4. The lowest BCUT2D eigenvalue weighted by molar-refractivity contribution is 0.0796. The van der Waals surface area contributed by atoms with Gasteiger partial charge in [-0.05, 0) is 17.7 Å². The summed E-state index contributed by atoms with van der Waals surface area (Å²) in [6.07, 6.45) is -0.165. The van der Waals surface area contributed by atoms with E-state index in [9.17, 15) is 4.79 Å². The summed E-state index contributed by atoms with van der Waals surface area (Å²) < 4.78 is 17.4. The van der Waals surface area contributed by atoms with Crippen molar-refractivity contribution in [1.29, 1.82) is 0 Å². The molecule has 3 aromatic rings. The fourth-order valence-electron chi connectivity index (χ4n) is 3.54. The van der Waals surface area contributed by atoms with Gasteiger partial charge in [0.05, 0.1) is 16.9 Å². The van der Waals surface area contributed by atoms with Crippen molar-refractivity contribution in [3.63, 3.8) is 0 Å². The Morgan fingerprint density at radius 3 is 2.57 bits per heavy atom. The smallest absolute Gasteiger partial charge is 0.343 e. The molecule has 0 amide bonds. The number of hydrogen-bond donors (Lipinski definition) is 0. The first-order valence-electron chi connectivity index (χ1n) is 7.65. The molecule has 5 rings (SSSR count). The van der Waals surface area contributed by atoms with Crippen LogP contribution in [0.1, 0.15) is 24.0 Å². The van der Waals surface area contributed by atoms with Crippen LogP contribution in [0.5, 0.6) is 5.75 Å². The van der Waals surface area contributed by atoms with E-state index in [1.165, 1.54) is 0 Å². The Morgan fingerprint density at radius 2 is 1.74 bits per heavy atom. The molecule has 23 heavy (non-hydrogen) atoms. The number of ether oxygens (including phenoxy) is 2. The molecule has 0 radical (unpaired) electrons. The van der Waals surface area contributed by atoms with E-state index >= 15 is 0 Å². The van der Waals surface area contributed by atoms with E-state index in [4.69, 9.17) is 13.9 Å². The van der Waals surface area contributed by atoms with Gasteiger partial charge in [0.25, 0.3) is 0 Å². The van der Waals surface area contributed by atoms with Gasteiger partial charge in [-0.1, -0.05) is 42.5 Å². The third-order valence-corrected chi connectivity index (χ3v) is 4.70. The third kappa shape index (κ3) is 1.72. The molecule has 0 spiro atoms. The van der Waals surface area contributed by atoms with Crippen molar-refractivity contribution in [2.75, 3.05) is 0 Å². The van der Waals surface area contributed by atoms with Crippen LogP contribution in [0, 0.1) is 0 Å². The molecule has 2 aliphatic rings. The number of para-hydroxylation sites is 1. The van der Waals surface area contributed by atoms with E-state index in [-0.39, 0.29) is 17.6 Å². The summed E-state index contributed by atoms with van der Waals surface area (Å²) >= 11 is 0. The van der Waals surface area contributed by atoms with Gasteiger partial charge in [-0.25, -0.2) is 4.79 Å². The van der Waals surface area contributed by atoms with Crippen molar-refractivity contribution in [1.82, 2.24) is 0 Å². The summed E-state index contributed by atoms with van der Waals surface area (Å²) in [7, 11) is 0. The second-order valence-electron chi connectivity index (χ2n) is 6.17. The van der Waals surface area contributed by atoms with E-state index < -0.39 is 5.79 Å². The van der Waals surface area contributed by atoms with Crippen molar-refractivity contribution in [2.24, 2.45) is 0 Å². The van der Waals surface area contributed by atoms with Crippen molar-refractivity contribution < 1.29 is 13.9 Å². The standard InChI is InChI=1S/C19H14O4/c1-19-17(23-19)14(11-7-3-2-4-8-11)15-16(22-19)12-9-5-6-10-13(12)21-18(15)20/h2-10,14,17H,1H3. The first-order valence-corrected chi connectivity index (χ1v) is 7.65. The van der Waals surface area contributed by atoms with E-state index in [0.717, 1.165) is 10.9 Å². The Labute approximate surface area is 132 Å². The number of hydrogen-bond acceptors (Lipinski definition) is 4. The number of epoxide rings is 1. The highest BCUT2D eigenvalue weighted by Gasteiger charge is 2.64. The van der Waals surface area contributed by atoms with Crippen LogP contribution in [0.15, 0.2) is 63.8 Å². The van der Waals surface area contributed by atoms with Crippen molar-refractivity contribution in [2.45, 2.75) is 24.7 Å². The lowest BCUT2D eigenvalue weighted by atomic mass is 9.84. The molecule has 0 bridgehead atoms. The summed E-state index contributed by atoms with van der Waals surface area (Å²) in [6.45, 7) is 1.92. The van der Waals surface area contributed by atoms with Crippen LogP contribution in [0.2, 0.25) is 0 Å². The van der Waals surface area contributed by atoms with Crippen LogP contribution in [-0.2, 0) is 4.74 Å². The van der Waals surface area contributed by atoms with Gasteiger partial charge in [-0.15, -0.1) is 0 Å². The molecule has 3 unspecified atom stereocenters. The lowest BCUT2D eigenvalue weighted by Crippen LogP contribution is -2.32. The maximum absolute atomic E-state index is 12.6. The zero-order valence-corrected chi connectivity index (χ0v) is 12.5. The molecule has 0 saturated carbocycles. The van der Waals surface area contributed by atoms with Gasteiger partial charge in [0, 0.05) is 6.92 Å². The van der Waals surface area contributed by atoms with Gasteiger partial charge < -0.3 is 13.9 Å². The molecule has 4 heteroatoms. The highest BCUT2D eigenvalue weighted by molar-refractivity contribution is 5.85. The minimum absolute atomic E-state index is 0.165. The summed E-state index contributed by atoms with van der Waals surface area (Å²) in [5.74, 6) is -0.267. The quantitative estimate of drug-likeness (QED) is 0.510.